The van der Waals surface area contributed by atoms with Crippen molar-refractivity contribution >= 4 is 17.9 Å². The van der Waals surface area contributed by atoms with Crippen LogP contribution in [-0.4, -0.2) is 41.8 Å². The summed E-state index contributed by atoms with van der Waals surface area (Å²) in [5.41, 5.74) is -0.348. The van der Waals surface area contributed by atoms with Crippen LogP contribution in [0.5, 0.6) is 0 Å². The summed E-state index contributed by atoms with van der Waals surface area (Å²) in [7, 11) is 1.58. The molecule has 0 unspecified atom stereocenters. The fraction of sp³-hybridized carbons (Fsp3) is 0.684. The van der Waals surface area contributed by atoms with Gasteiger partial charge in [-0.3, -0.25) is 9.88 Å². The Hall–Kier alpha value is -2.58. The Bertz CT molecular complexity index is 647. The highest BCUT2D eigenvalue weighted by molar-refractivity contribution is 5.87. The number of carbonyl (C=O) groups is 2. The number of amides is 4. The predicted octanol–water partition coefficient (Wildman–Crippen LogP) is 2.43. The van der Waals surface area contributed by atoms with Crippen LogP contribution < -0.4 is 27.0 Å². The lowest BCUT2D eigenvalue weighted by Crippen LogP contribution is -2.33. The van der Waals surface area contributed by atoms with E-state index >= 15 is 0 Å². The van der Waals surface area contributed by atoms with Crippen LogP contribution in [0, 0.1) is 0 Å². The largest absolute Gasteiger partial charge is 0.349 e. The van der Waals surface area contributed by atoms with E-state index in [1.807, 2.05) is 0 Å². The number of hydrogen-bond acceptors (Lipinski definition) is 4. The van der Waals surface area contributed by atoms with Crippen molar-refractivity contribution in [2.75, 3.05) is 25.5 Å². The van der Waals surface area contributed by atoms with Gasteiger partial charge in [-0.05, 0) is 25.3 Å². The first-order chi connectivity index (χ1) is 13.6. The molecule has 28 heavy (non-hydrogen) atoms. The Morgan fingerprint density at radius 1 is 0.964 bits per heavy atom. The first-order valence-electron chi connectivity index (χ1n) is 10.1. The number of unbranched alkanes of at least 4 members (excludes halogenated alkanes) is 6. The van der Waals surface area contributed by atoms with E-state index in [0.29, 0.717) is 19.6 Å². The molecule has 0 spiro atoms. The summed E-state index contributed by atoms with van der Waals surface area (Å²) in [6.45, 7) is 3.98. The minimum atomic E-state index is -0.367. The smallest absolute Gasteiger partial charge is 0.341 e. The number of nitrogens with one attached hydrogen (secondary N) is 4. The standard InChI is InChI=1S/C19H34N6O3/c1-3-4-5-10-14-25-15-11-16(24-19(25)28)23-18(27)22-13-9-7-6-8-12-21-17(26)20-2/h11,15H,3-10,12-14H2,1-2H3,(H2,20,21,26)(H2,22,23,24,27,28). The van der Waals surface area contributed by atoms with Gasteiger partial charge < -0.3 is 16.0 Å². The van der Waals surface area contributed by atoms with Crippen molar-refractivity contribution in [1.82, 2.24) is 25.5 Å². The number of urea groups is 2. The quantitative estimate of drug-likeness (QED) is 0.384. The molecule has 0 radical (unpaired) electrons. The molecule has 4 N–H and O–H groups in total. The van der Waals surface area contributed by atoms with Gasteiger partial charge in [0.25, 0.3) is 0 Å². The summed E-state index contributed by atoms with van der Waals surface area (Å²) in [5, 5.41) is 10.6. The number of nitrogens with zero attached hydrogens (tertiary/aromatic N) is 2. The lowest BCUT2D eigenvalue weighted by Gasteiger charge is -2.09. The Kier molecular flexibility index (Phi) is 12.1. The molecule has 1 rings (SSSR count). The van der Waals surface area contributed by atoms with E-state index in [4.69, 9.17) is 0 Å². The lowest BCUT2D eigenvalue weighted by atomic mass is 10.2. The summed E-state index contributed by atoms with van der Waals surface area (Å²) in [4.78, 5) is 38.7. The molecule has 1 aromatic rings. The van der Waals surface area contributed by atoms with Gasteiger partial charge in [0.05, 0.1) is 0 Å². The maximum atomic E-state index is 12.0. The Morgan fingerprint density at radius 2 is 1.61 bits per heavy atom. The second-order valence-corrected chi connectivity index (χ2v) is 6.65. The van der Waals surface area contributed by atoms with E-state index in [2.05, 4.69) is 33.2 Å². The zero-order valence-electron chi connectivity index (χ0n) is 17.1. The fourth-order valence-corrected chi connectivity index (χ4v) is 2.63. The second-order valence-electron chi connectivity index (χ2n) is 6.65. The molecule has 9 nitrogen and oxygen atoms in total. The molecule has 0 atom stereocenters. The monoisotopic (exact) mass is 394 g/mol. The van der Waals surface area contributed by atoms with Gasteiger partial charge in [0, 0.05) is 32.9 Å². The molecule has 0 aromatic carbocycles. The van der Waals surface area contributed by atoms with Crippen molar-refractivity contribution in [3.8, 4) is 0 Å². The number of carbonyl (C=O) groups excluding carboxylic acids is 2. The molecular formula is C19H34N6O3. The first-order valence-corrected chi connectivity index (χ1v) is 10.1. The number of rotatable bonds is 13. The fourth-order valence-electron chi connectivity index (χ4n) is 2.63. The van der Waals surface area contributed by atoms with Gasteiger partial charge in [-0.15, -0.1) is 0 Å². The van der Waals surface area contributed by atoms with Crippen molar-refractivity contribution < 1.29 is 9.59 Å². The SMILES string of the molecule is CCCCCCn1ccc(NC(=O)NCCCCCCNC(=O)NC)nc1=O. The molecule has 9 heteroatoms. The second kappa shape index (κ2) is 14.5. The highest BCUT2D eigenvalue weighted by Crippen LogP contribution is 2.02. The molecule has 0 aliphatic rings. The molecule has 0 bridgehead atoms. The molecule has 158 valence electrons. The van der Waals surface area contributed by atoms with E-state index in [1.54, 1.807) is 23.9 Å². The molecule has 0 saturated carbocycles. The lowest BCUT2D eigenvalue weighted by molar-refractivity contribution is 0.242. The van der Waals surface area contributed by atoms with E-state index in [0.717, 1.165) is 51.4 Å². The Labute approximate surface area is 166 Å². The zero-order chi connectivity index (χ0) is 20.6. The molecule has 0 aliphatic heterocycles. The third kappa shape index (κ3) is 10.5. The summed E-state index contributed by atoms with van der Waals surface area (Å²) in [6.07, 6.45) is 9.71. The molecule has 0 fully saturated rings. The Morgan fingerprint density at radius 3 is 2.21 bits per heavy atom. The third-order valence-corrected chi connectivity index (χ3v) is 4.27. The van der Waals surface area contributed by atoms with E-state index < -0.39 is 0 Å². The van der Waals surface area contributed by atoms with Gasteiger partial charge in [-0.25, -0.2) is 14.4 Å². The van der Waals surface area contributed by atoms with Crippen molar-refractivity contribution in [2.24, 2.45) is 0 Å². The van der Waals surface area contributed by atoms with Gasteiger partial charge in [0.15, 0.2) is 0 Å². The van der Waals surface area contributed by atoms with Crippen LogP contribution in [0.2, 0.25) is 0 Å². The van der Waals surface area contributed by atoms with Crippen LogP contribution in [0.25, 0.3) is 0 Å². The van der Waals surface area contributed by atoms with Crippen molar-refractivity contribution in [3.05, 3.63) is 22.7 Å². The van der Waals surface area contributed by atoms with Gasteiger partial charge >= 0.3 is 17.8 Å². The molecule has 0 aliphatic carbocycles. The highest BCUT2D eigenvalue weighted by atomic mass is 16.2. The van der Waals surface area contributed by atoms with Crippen LogP contribution in [0.15, 0.2) is 17.1 Å². The summed E-state index contributed by atoms with van der Waals surface area (Å²) >= 11 is 0. The van der Waals surface area contributed by atoms with Gasteiger partial charge in [-0.1, -0.05) is 39.0 Å². The number of aromatic nitrogens is 2. The highest BCUT2D eigenvalue weighted by Gasteiger charge is 2.05. The van der Waals surface area contributed by atoms with Crippen LogP contribution in [-0.2, 0) is 6.54 Å². The van der Waals surface area contributed by atoms with Gasteiger partial charge in [-0.2, -0.15) is 4.98 Å². The topological polar surface area (TPSA) is 117 Å². The van der Waals surface area contributed by atoms with Crippen molar-refractivity contribution in [3.63, 3.8) is 0 Å². The van der Waals surface area contributed by atoms with Gasteiger partial charge in [0.2, 0.25) is 0 Å². The molecular weight excluding hydrogens is 360 g/mol. The number of aryl methyl sites for hydroxylation is 1. The van der Waals surface area contributed by atoms with Crippen LogP contribution in [0.4, 0.5) is 15.4 Å². The summed E-state index contributed by atoms with van der Waals surface area (Å²) in [6, 6.07) is 1.10. The molecule has 1 heterocycles. The summed E-state index contributed by atoms with van der Waals surface area (Å²) < 4.78 is 1.57. The van der Waals surface area contributed by atoms with Crippen LogP contribution in [0.3, 0.4) is 0 Å². The van der Waals surface area contributed by atoms with E-state index in [1.165, 1.54) is 0 Å². The zero-order valence-corrected chi connectivity index (χ0v) is 17.1. The predicted molar refractivity (Wildman–Crippen MR) is 111 cm³/mol. The van der Waals surface area contributed by atoms with E-state index in [9.17, 15) is 14.4 Å². The van der Waals surface area contributed by atoms with Crippen LogP contribution >= 0.6 is 0 Å². The molecule has 1 aromatic heterocycles. The minimum Gasteiger partial charge on any atom is -0.341 e. The molecule has 4 amide bonds. The van der Waals surface area contributed by atoms with Crippen LogP contribution in [0.1, 0.15) is 58.3 Å². The maximum Gasteiger partial charge on any atom is 0.349 e. The average molecular weight is 395 g/mol. The number of anilines is 1. The normalized spacial score (nSPS) is 10.4. The Balaban J connectivity index is 2.17. The molecule has 0 saturated heterocycles. The van der Waals surface area contributed by atoms with Gasteiger partial charge in [0.1, 0.15) is 5.82 Å². The maximum absolute atomic E-state index is 12.0. The number of hydrogen-bond donors (Lipinski definition) is 4. The average Bonchev–Trinajstić information content (AvgIpc) is 2.68. The van der Waals surface area contributed by atoms with E-state index in [-0.39, 0.29) is 23.6 Å². The minimum absolute atomic E-state index is 0.170. The summed E-state index contributed by atoms with van der Waals surface area (Å²) in [5.74, 6) is 0.257. The first kappa shape index (κ1) is 23.5. The van der Waals surface area contributed by atoms with Crippen molar-refractivity contribution in [2.45, 2.75) is 64.8 Å². The van der Waals surface area contributed by atoms with Crippen molar-refractivity contribution in [1.29, 1.82) is 0 Å². The third-order valence-electron chi connectivity index (χ3n) is 4.27.